The van der Waals surface area contributed by atoms with Gasteiger partial charge in [-0.05, 0) is 81.4 Å². The number of nitrogens with one attached hydrogen (secondary N) is 2. The molecule has 1 unspecified atom stereocenters. The highest BCUT2D eigenvalue weighted by Crippen LogP contribution is 2.31. The van der Waals surface area contributed by atoms with E-state index in [2.05, 4.69) is 67.5 Å². The standard InChI is InChI=1S/C28H37N5/c1-9-24(16-25-18(2)11-10-12-19(25)3)27-17-28(33-23(7)32-27)31-22(6)20(4)15-21(5)26(30-8)13-14-29/h9,12,14-17,22,29H,2,5,10-11,13H2,1,3-4,6-8H3,(H,31,32,33)/b20-15+,24-9?,25-16?,29-14?,30-26?. The molecule has 5 nitrogen and oxygen atoms in total. The number of anilines is 1. The quantitative estimate of drug-likeness (QED) is 0.325. The van der Waals surface area contributed by atoms with Crippen molar-refractivity contribution in [2.75, 3.05) is 12.4 Å². The van der Waals surface area contributed by atoms with E-state index in [0.717, 1.165) is 46.8 Å². The summed E-state index contributed by atoms with van der Waals surface area (Å²) in [5, 5.41) is 10.8. The number of nitrogens with zero attached hydrogens (tertiary/aromatic N) is 3. The molecule has 5 heteroatoms. The van der Waals surface area contributed by atoms with Crippen LogP contribution in [0.15, 0.2) is 76.4 Å². The van der Waals surface area contributed by atoms with Crippen molar-refractivity contribution in [3.05, 3.63) is 82.9 Å². The van der Waals surface area contributed by atoms with Crippen LogP contribution in [0.1, 0.15) is 58.5 Å². The van der Waals surface area contributed by atoms with Crippen LogP contribution in [0.5, 0.6) is 0 Å². The number of allylic oxidation sites excluding steroid dienone is 9. The van der Waals surface area contributed by atoms with Crippen molar-refractivity contribution in [1.29, 1.82) is 5.41 Å². The Labute approximate surface area is 199 Å². The fraction of sp³-hybridized carbons (Fsp3) is 0.357. The second-order valence-electron chi connectivity index (χ2n) is 8.38. The lowest BCUT2D eigenvalue weighted by molar-refractivity contribution is 0.900. The van der Waals surface area contributed by atoms with Crippen LogP contribution in [0.4, 0.5) is 5.82 Å². The van der Waals surface area contributed by atoms with E-state index >= 15 is 0 Å². The van der Waals surface area contributed by atoms with E-state index in [1.165, 1.54) is 22.9 Å². The zero-order valence-electron chi connectivity index (χ0n) is 20.9. The molecule has 2 N–H and O–H groups in total. The number of hydrogen-bond acceptors (Lipinski definition) is 5. The predicted octanol–water partition coefficient (Wildman–Crippen LogP) is 6.82. The summed E-state index contributed by atoms with van der Waals surface area (Å²) in [6.07, 6.45) is 12.4. The van der Waals surface area contributed by atoms with E-state index in [1.54, 1.807) is 7.05 Å². The molecule has 33 heavy (non-hydrogen) atoms. The Balaban J connectivity index is 2.29. The largest absolute Gasteiger partial charge is 0.364 e. The minimum atomic E-state index is 0.0395. The topological polar surface area (TPSA) is 74.0 Å². The van der Waals surface area contributed by atoms with Crippen LogP contribution in [0.2, 0.25) is 0 Å². The first-order valence-electron chi connectivity index (χ1n) is 11.4. The summed E-state index contributed by atoms with van der Waals surface area (Å²) in [4.78, 5) is 13.5. The first-order valence-corrected chi connectivity index (χ1v) is 11.4. The highest BCUT2D eigenvalue weighted by Gasteiger charge is 2.14. The number of rotatable bonds is 9. The van der Waals surface area contributed by atoms with Crippen molar-refractivity contribution in [1.82, 2.24) is 9.97 Å². The molecule has 0 aromatic carbocycles. The predicted molar refractivity (Wildman–Crippen MR) is 143 cm³/mol. The van der Waals surface area contributed by atoms with Crippen molar-refractivity contribution >= 4 is 23.3 Å². The van der Waals surface area contributed by atoms with Gasteiger partial charge in [-0.2, -0.15) is 0 Å². The number of aryl methyl sites for hydroxylation is 1. The normalized spacial score (nSPS) is 17.6. The first-order chi connectivity index (χ1) is 15.7. The third kappa shape index (κ3) is 7.07. The molecule has 0 bridgehead atoms. The zero-order chi connectivity index (χ0) is 24.5. The second-order valence-corrected chi connectivity index (χ2v) is 8.38. The smallest absolute Gasteiger partial charge is 0.130 e. The second kappa shape index (κ2) is 12.0. The van der Waals surface area contributed by atoms with Gasteiger partial charge in [0, 0.05) is 37.5 Å². The Bertz CT molecular complexity index is 1080. The molecule has 0 saturated carbocycles. The molecule has 0 amide bonds. The van der Waals surface area contributed by atoms with Crippen molar-refractivity contribution in [2.45, 2.75) is 59.9 Å². The highest BCUT2D eigenvalue weighted by atomic mass is 15.0. The Morgan fingerprint density at radius 2 is 2.06 bits per heavy atom. The molecule has 1 aromatic heterocycles. The van der Waals surface area contributed by atoms with E-state index in [0.29, 0.717) is 12.2 Å². The lowest BCUT2D eigenvalue weighted by atomic mass is 9.88. The van der Waals surface area contributed by atoms with E-state index in [9.17, 15) is 0 Å². The molecule has 1 heterocycles. The van der Waals surface area contributed by atoms with Gasteiger partial charge in [-0.1, -0.05) is 37.0 Å². The maximum Gasteiger partial charge on any atom is 0.130 e. The average Bonchev–Trinajstić information content (AvgIpc) is 2.76. The number of hydrogen-bond donors (Lipinski definition) is 2. The average molecular weight is 444 g/mol. The van der Waals surface area contributed by atoms with Crippen LogP contribution in [0.3, 0.4) is 0 Å². The van der Waals surface area contributed by atoms with Crippen molar-refractivity contribution in [3.63, 3.8) is 0 Å². The monoisotopic (exact) mass is 443 g/mol. The van der Waals surface area contributed by atoms with Crippen molar-refractivity contribution < 1.29 is 0 Å². The van der Waals surface area contributed by atoms with Gasteiger partial charge in [0.2, 0.25) is 0 Å². The summed E-state index contributed by atoms with van der Waals surface area (Å²) in [6.45, 7) is 18.6. The van der Waals surface area contributed by atoms with Gasteiger partial charge in [0.25, 0.3) is 0 Å². The summed E-state index contributed by atoms with van der Waals surface area (Å²) in [7, 11) is 1.73. The van der Waals surface area contributed by atoms with Gasteiger partial charge in [0.1, 0.15) is 11.6 Å². The third-order valence-corrected chi connectivity index (χ3v) is 5.83. The van der Waals surface area contributed by atoms with Gasteiger partial charge in [-0.15, -0.1) is 0 Å². The summed E-state index contributed by atoms with van der Waals surface area (Å²) in [5.74, 6) is 1.49. The maximum atomic E-state index is 7.33. The molecule has 2 rings (SSSR count). The minimum Gasteiger partial charge on any atom is -0.364 e. The Hall–Kier alpha value is -3.34. The molecule has 174 valence electrons. The van der Waals surface area contributed by atoms with Gasteiger partial charge >= 0.3 is 0 Å². The van der Waals surface area contributed by atoms with Crippen LogP contribution in [0.25, 0.3) is 5.57 Å². The van der Waals surface area contributed by atoms with Gasteiger partial charge in [0.15, 0.2) is 0 Å². The molecule has 0 radical (unpaired) electrons. The van der Waals surface area contributed by atoms with Crippen LogP contribution >= 0.6 is 0 Å². The van der Waals surface area contributed by atoms with Crippen LogP contribution in [-0.2, 0) is 0 Å². The molecule has 1 aliphatic carbocycles. The lowest BCUT2D eigenvalue weighted by Gasteiger charge is -2.19. The van der Waals surface area contributed by atoms with E-state index < -0.39 is 0 Å². The zero-order valence-corrected chi connectivity index (χ0v) is 20.9. The van der Waals surface area contributed by atoms with Gasteiger partial charge < -0.3 is 10.7 Å². The molecule has 1 aliphatic rings. The van der Waals surface area contributed by atoms with Gasteiger partial charge in [-0.25, -0.2) is 9.97 Å². The van der Waals surface area contributed by atoms with Gasteiger partial charge in [0.05, 0.1) is 5.69 Å². The highest BCUT2D eigenvalue weighted by molar-refractivity contribution is 6.08. The fourth-order valence-electron chi connectivity index (χ4n) is 3.73. The van der Waals surface area contributed by atoms with Crippen LogP contribution in [0, 0.1) is 12.3 Å². The molecular weight excluding hydrogens is 406 g/mol. The molecule has 0 aliphatic heterocycles. The Morgan fingerprint density at radius 1 is 1.33 bits per heavy atom. The summed E-state index contributed by atoms with van der Waals surface area (Å²) >= 11 is 0. The minimum absolute atomic E-state index is 0.0395. The van der Waals surface area contributed by atoms with Gasteiger partial charge in [-0.3, -0.25) is 4.99 Å². The molecular formula is C28H37N5. The van der Waals surface area contributed by atoms with E-state index in [-0.39, 0.29) is 6.04 Å². The van der Waals surface area contributed by atoms with Crippen molar-refractivity contribution in [3.8, 4) is 0 Å². The molecule has 0 spiro atoms. The fourth-order valence-corrected chi connectivity index (χ4v) is 3.73. The Morgan fingerprint density at radius 3 is 2.67 bits per heavy atom. The van der Waals surface area contributed by atoms with Crippen LogP contribution < -0.4 is 5.32 Å². The number of aliphatic imine (C=N–C) groups is 1. The molecule has 1 aromatic rings. The summed E-state index contributed by atoms with van der Waals surface area (Å²) in [6, 6.07) is 2.04. The third-order valence-electron chi connectivity index (χ3n) is 5.83. The number of aromatic nitrogens is 2. The summed E-state index contributed by atoms with van der Waals surface area (Å²) < 4.78 is 0. The SMILES string of the molecule is C=C(/C=C(\C)C(C)Nc1cc(C(C=C2C(=C)CCC=C2C)=CC)nc(C)n1)C(CC=N)=NC. The Kier molecular flexibility index (Phi) is 9.46. The van der Waals surface area contributed by atoms with E-state index in [4.69, 9.17) is 10.4 Å². The van der Waals surface area contributed by atoms with Crippen molar-refractivity contribution in [2.24, 2.45) is 4.99 Å². The summed E-state index contributed by atoms with van der Waals surface area (Å²) in [5.41, 5.74) is 8.32. The molecule has 0 fully saturated rings. The van der Waals surface area contributed by atoms with Crippen LogP contribution in [-0.4, -0.2) is 35.0 Å². The lowest BCUT2D eigenvalue weighted by Crippen LogP contribution is -2.18. The first kappa shape index (κ1) is 25.9. The molecule has 1 atom stereocenters. The maximum absolute atomic E-state index is 7.33. The molecule has 0 saturated heterocycles. The van der Waals surface area contributed by atoms with E-state index in [1.807, 2.05) is 26.0 Å².